The molecule has 0 unspecified atom stereocenters. The summed E-state index contributed by atoms with van der Waals surface area (Å²) < 4.78 is 0. The van der Waals surface area contributed by atoms with Gasteiger partial charge in [-0.15, -0.1) is 0 Å². The Morgan fingerprint density at radius 2 is 2.25 bits per heavy atom. The van der Waals surface area contributed by atoms with Crippen LogP contribution in [0.4, 0.5) is 0 Å². The SMILES string of the molecule is C/C=C/CCNC(=O)c1nc(Cl)ccc1Cl. The van der Waals surface area contributed by atoms with Crippen LogP contribution in [0.25, 0.3) is 0 Å². The Morgan fingerprint density at radius 3 is 2.94 bits per heavy atom. The fraction of sp³-hybridized carbons (Fsp3) is 0.273. The van der Waals surface area contributed by atoms with Crippen molar-refractivity contribution >= 4 is 29.1 Å². The highest BCUT2D eigenvalue weighted by Gasteiger charge is 2.11. The number of carbonyl (C=O) groups is 1. The molecule has 0 aliphatic carbocycles. The molecule has 0 saturated carbocycles. The number of pyridine rings is 1. The van der Waals surface area contributed by atoms with E-state index in [1.165, 1.54) is 0 Å². The number of amides is 1. The molecule has 0 bridgehead atoms. The van der Waals surface area contributed by atoms with Crippen molar-refractivity contribution in [3.8, 4) is 0 Å². The number of nitrogens with one attached hydrogen (secondary N) is 1. The average Bonchev–Trinajstić information content (AvgIpc) is 2.27. The summed E-state index contributed by atoms with van der Waals surface area (Å²) in [6.07, 6.45) is 4.67. The van der Waals surface area contributed by atoms with E-state index < -0.39 is 0 Å². The smallest absolute Gasteiger partial charge is 0.271 e. The van der Waals surface area contributed by atoms with E-state index in [1.54, 1.807) is 12.1 Å². The number of allylic oxidation sites excluding steroid dienone is 1. The highest BCUT2D eigenvalue weighted by molar-refractivity contribution is 6.34. The Kier molecular flexibility index (Phi) is 5.29. The van der Waals surface area contributed by atoms with E-state index in [0.29, 0.717) is 11.6 Å². The van der Waals surface area contributed by atoms with Crippen molar-refractivity contribution in [1.82, 2.24) is 10.3 Å². The van der Waals surface area contributed by atoms with Crippen LogP contribution in [0, 0.1) is 0 Å². The van der Waals surface area contributed by atoms with Crippen molar-refractivity contribution in [2.45, 2.75) is 13.3 Å². The van der Waals surface area contributed by atoms with E-state index in [2.05, 4.69) is 10.3 Å². The molecule has 86 valence electrons. The van der Waals surface area contributed by atoms with Gasteiger partial charge in [-0.05, 0) is 25.5 Å². The van der Waals surface area contributed by atoms with E-state index in [9.17, 15) is 4.79 Å². The zero-order valence-electron chi connectivity index (χ0n) is 8.84. The maximum atomic E-state index is 11.6. The second-order valence-corrected chi connectivity index (χ2v) is 3.87. The van der Waals surface area contributed by atoms with Gasteiger partial charge in [0.25, 0.3) is 5.91 Å². The summed E-state index contributed by atoms with van der Waals surface area (Å²) >= 11 is 11.5. The van der Waals surface area contributed by atoms with E-state index in [0.717, 1.165) is 6.42 Å². The monoisotopic (exact) mass is 258 g/mol. The maximum Gasteiger partial charge on any atom is 0.271 e. The summed E-state index contributed by atoms with van der Waals surface area (Å²) in [6.45, 7) is 2.48. The van der Waals surface area contributed by atoms with Gasteiger partial charge >= 0.3 is 0 Å². The molecule has 3 nitrogen and oxygen atoms in total. The van der Waals surface area contributed by atoms with Crippen LogP contribution in [0.15, 0.2) is 24.3 Å². The molecule has 0 aromatic carbocycles. The second-order valence-electron chi connectivity index (χ2n) is 3.08. The standard InChI is InChI=1S/C11H12Cl2N2O/c1-2-3-4-7-14-11(16)10-8(12)5-6-9(13)15-10/h2-3,5-6H,4,7H2,1H3,(H,14,16)/b3-2+. The topological polar surface area (TPSA) is 42.0 Å². The van der Waals surface area contributed by atoms with Gasteiger partial charge in [-0.2, -0.15) is 0 Å². The molecule has 1 aromatic rings. The number of hydrogen-bond acceptors (Lipinski definition) is 2. The van der Waals surface area contributed by atoms with Gasteiger partial charge < -0.3 is 5.32 Å². The number of carbonyl (C=O) groups excluding carboxylic acids is 1. The van der Waals surface area contributed by atoms with E-state index in [1.807, 2.05) is 19.1 Å². The van der Waals surface area contributed by atoms with Gasteiger partial charge in [0.1, 0.15) is 10.8 Å². The zero-order valence-corrected chi connectivity index (χ0v) is 10.3. The van der Waals surface area contributed by atoms with Crippen molar-refractivity contribution in [3.63, 3.8) is 0 Å². The molecular weight excluding hydrogens is 247 g/mol. The van der Waals surface area contributed by atoms with Crippen molar-refractivity contribution in [2.24, 2.45) is 0 Å². The summed E-state index contributed by atoms with van der Waals surface area (Å²) in [5.74, 6) is -0.308. The summed E-state index contributed by atoms with van der Waals surface area (Å²) in [5, 5.41) is 3.26. The maximum absolute atomic E-state index is 11.6. The summed E-state index contributed by atoms with van der Waals surface area (Å²) in [5.41, 5.74) is 0.162. The molecule has 0 aliphatic rings. The normalized spacial score (nSPS) is 10.7. The first-order valence-electron chi connectivity index (χ1n) is 4.86. The van der Waals surface area contributed by atoms with Crippen molar-refractivity contribution in [2.75, 3.05) is 6.54 Å². The summed E-state index contributed by atoms with van der Waals surface area (Å²) in [7, 11) is 0. The van der Waals surface area contributed by atoms with Crippen LogP contribution >= 0.6 is 23.2 Å². The van der Waals surface area contributed by atoms with Gasteiger partial charge in [0.05, 0.1) is 5.02 Å². The van der Waals surface area contributed by atoms with E-state index >= 15 is 0 Å². The third kappa shape index (κ3) is 3.83. The Labute approximate surface area is 104 Å². The molecule has 5 heteroatoms. The van der Waals surface area contributed by atoms with Crippen LogP contribution < -0.4 is 5.32 Å². The molecule has 0 radical (unpaired) electrons. The minimum Gasteiger partial charge on any atom is -0.350 e. The molecular formula is C11H12Cl2N2O. The van der Waals surface area contributed by atoms with Crippen LogP contribution in [0.1, 0.15) is 23.8 Å². The first kappa shape index (κ1) is 13.0. The highest BCUT2D eigenvalue weighted by atomic mass is 35.5. The summed E-state index contributed by atoms with van der Waals surface area (Å²) in [4.78, 5) is 15.5. The molecule has 1 heterocycles. The van der Waals surface area contributed by atoms with E-state index in [-0.39, 0.29) is 16.8 Å². The fourth-order valence-corrected chi connectivity index (χ4v) is 1.44. The lowest BCUT2D eigenvalue weighted by atomic mass is 10.3. The molecule has 0 fully saturated rings. The Bertz CT molecular complexity index is 405. The van der Waals surface area contributed by atoms with Crippen LogP contribution in [-0.4, -0.2) is 17.4 Å². The number of rotatable bonds is 4. The predicted molar refractivity (Wildman–Crippen MR) is 66.0 cm³/mol. The lowest BCUT2D eigenvalue weighted by Gasteiger charge is -2.04. The van der Waals surface area contributed by atoms with Crippen LogP contribution in [0.2, 0.25) is 10.2 Å². The van der Waals surface area contributed by atoms with Crippen LogP contribution in [0.3, 0.4) is 0 Å². The fourth-order valence-electron chi connectivity index (χ4n) is 1.10. The van der Waals surface area contributed by atoms with Crippen LogP contribution in [-0.2, 0) is 0 Å². The minimum absolute atomic E-state index is 0.162. The second kappa shape index (κ2) is 6.51. The van der Waals surface area contributed by atoms with E-state index in [4.69, 9.17) is 23.2 Å². The quantitative estimate of drug-likeness (QED) is 0.513. The zero-order chi connectivity index (χ0) is 12.0. The first-order chi connectivity index (χ1) is 7.65. The third-order valence-electron chi connectivity index (χ3n) is 1.86. The molecule has 1 aromatic heterocycles. The molecule has 16 heavy (non-hydrogen) atoms. The minimum atomic E-state index is -0.308. The van der Waals surface area contributed by atoms with Gasteiger partial charge in [0, 0.05) is 6.54 Å². The Balaban J connectivity index is 2.62. The predicted octanol–water partition coefficient (Wildman–Crippen LogP) is 3.08. The molecule has 0 atom stereocenters. The molecule has 0 spiro atoms. The van der Waals surface area contributed by atoms with Crippen LogP contribution in [0.5, 0.6) is 0 Å². The number of aromatic nitrogens is 1. The molecule has 1 amide bonds. The largest absolute Gasteiger partial charge is 0.350 e. The number of nitrogens with zero attached hydrogens (tertiary/aromatic N) is 1. The Hall–Kier alpha value is -1.06. The van der Waals surface area contributed by atoms with Gasteiger partial charge in [-0.25, -0.2) is 4.98 Å². The van der Waals surface area contributed by atoms with Crippen molar-refractivity contribution in [1.29, 1.82) is 0 Å². The van der Waals surface area contributed by atoms with Gasteiger partial charge in [-0.3, -0.25) is 4.79 Å². The van der Waals surface area contributed by atoms with Gasteiger partial charge in [0.15, 0.2) is 0 Å². The number of hydrogen-bond donors (Lipinski definition) is 1. The van der Waals surface area contributed by atoms with Gasteiger partial charge in [-0.1, -0.05) is 35.4 Å². The molecule has 1 N–H and O–H groups in total. The van der Waals surface area contributed by atoms with Crippen molar-refractivity contribution < 1.29 is 4.79 Å². The van der Waals surface area contributed by atoms with Crippen molar-refractivity contribution in [3.05, 3.63) is 40.2 Å². The molecule has 0 saturated heterocycles. The first-order valence-corrected chi connectivity index (χ1v) is 5.62. The molecule has 1 rings (SSSR count). The average molecular weight is 259 g/mol. The number of halogens is 2. The highest BCUT2D eigenvalue weighted by Crippen LogP contribution is 2.16. The Morgan fingerprint density at radius 1 is 1.50 bits per heavy atom. The summed E-state index contributed by atoms with van der Waals surface area (Å²) in [6, 6.07) is 3.10. The third-order valence-corrected chi connectivity index (χ3v) is 2.37. The lowest BCUT2D eigenvalue weighted by Crippen LogP contribution is -2.25. The lowest BCUT2D eigenvalue weighted by molar-refractivity contribution is 0.0949. The molecule has 0 aliphatic heterocycles. The van der Waals surface area contributed by atoms with Gasteiger partial charge in [0.2, 0.25) is 0 Å².